The van der Waals surface area contributed by atoms with Crippen molar-refractivity contribution in [2.75, 3.05) is 31.1 Å². The SMILES string of the molecule is CC(C)c1ccc(-c2ncc(CN3CCN(c4ncnc5c4cnn5C)CC3)s2)cc1. The molecular weight excluding hydrogens is 406 g/mol. The number of hydrogen-bond acceptors (Lipinski definition) is 7. The van der Waals surface area contributed by atoms with Gasteiger partial charge in [-0.25, -0.2) is 15.0 Å². The van der Waals surface area contributed by atoms with Crippen LogP contribution in [0.1, 0.15) is 30.2 Å². The highest BCUT2D eigenvalue weighted by Gasteiger charge is 2.21. The van der Waals surface area contributed by atoms with E-state index in [1.165, 1.54) is 16.0 Å². The molecule has 0 atom stereocenters. The lowest BCUT2D eigenvalue weighted by Crippen LogP contribution is -2.46. The summed E-state index contributed by atoms with van der Waals surface area (Å²) in [5.74, 6) is 1.54. The van der Waals surface area contributed by atoms with Crippen molar-refractivity contribution in [3.8, 4) is 10.6 Å². The average Bonchev–Trinajstić information content (AvgIpc) is 3.41. The highest BCUT2D eigenvalue weighted by atomic mass is 32.1. The van der Waals surface area contributed by atoms with E-state index in [4.69, 9.17) is 0 Å². The Morgan fingerprint density at radius 3 is 2.48 bits per heavy atom. The molecule has 0 radical (unpaired) electrons. The molecule has 0 spiro atoms. The maximum atomic E-state index is 4.68. The molecule has 0 saturated carbocycles. The number of aromatic nitrogens is 5. The van der Waals surface area contributed by atoms with E-state index < -0.39 is 0 Å². The van der Waals surface area contributed by atoms with Crippen molar-refractivity contribution in [1.29, 1.82) is 0 Å². The Kier molecular flexibility index (Phi) is 5.41. The van der Waals surface area contributed by atoms with Gasteiger partial charge in [-0.1, -0.05) is 38.1 Å². The smallest absolute Gasteiger partial charge is 0.163 e. The molecule has 3 aromatic heterocycles. The molecule has 0 aliphatic carbocycles. The predicted molar refractivity (Wildman–Crippen MR) is 125 cm³/mol. The Hall–Kier alpha value is -2.84. The van der Waals surface area contributed by atoms with Gasteiger partial charge in [0.1, 0.15) is 17.2 Å². The molecule has 31 heavy (non-hydrogen) atoms. The summed E-state index contributed by atoms with van der Waals surface area (Å²) in [4.78, 5) is 19.7. The van der Waals surface area contributed by atoms with Gasteiger partial charge in [-0.05, 0) is 11.5 Å². The molecule has 0 bridgehead atoms. The van der Waals surface area contributed by atoms with E-state index in [1.807, 2.05) is 19.4 Å². The third-order valence-electron chi connectivity index (χ3n) is 5.94. The van der Waals surface area contributed by atoms with E-state index in [2.05, 4.69) is 68.0 Å². The lowest BCUT2D eigenvalue weighted by molar-refractivity contribution is 0.251. The molecule has 4 heterocycles. The monoisotopic (exact) mass is 433 g/mol. The van der Waals surface area contributed by atoms with Crippen molar-refractivity contribution in [1.82, 2.24) is 29.6 Å². The van der Waals surface area contributed by atoms with Crippen LogP contribution in [-0.2, 0) is 13.6 Å². The number of benzene rings is 1. The lowest BCUT2D eigenvalue weighted by atomic mass is 10.0. The first-order chi connectivity index (χ1) is 15.1. The standard InChI is InChI=1S/C23H27N7S/c1-16(2)17-4-6-18(7-5-17)23-24-12-19(31-23)14-29-8-10-30(11-9-29)22-20-13-27-28(3)21(20)25-15-26-22/h4-7,12-13,15-16H,8-11,14H2,1-3H3. The summed E-state index contributed by atoms with van der Waals surface area (Å²) < 4.78 is 1.80. The number of rotatable bonds is 5. The van der Waals surface area contributed by atoms with E-state index in [0.29, 0.717) is 5.92 Å². The van der Waals surface area contributed by atoms with Gasteiger partial charge in [0.05, 0.1) is 11.6 Å². The van der Waals surface area contributed by atoms with E-state index in [-0.39, 0.29) is 0 Å². The molecule has 0 N–H and O–H groups in total. The molecule has 1 saturated heterocycles. The van der Waals surface area contributed by atoms with Gasteiger partial charge in [-0.2, -0.15) is 5.10 Å². The van der Waals surface area contributed by atoms with Crippen molar-refractivity contribution < 1.29 is 0 Å². The van der Waals surface area contributed by atoms with Crippen LogP contribution in [0.5, 0.6) is 0 Å². The summed E-state index contributed by atoms with van der Waals surface area (Å²) in [7, 11) is 1.92. The van der Waals surface area contributed by atoms with E-state index in [9.17, 15) is 0 Å². The number of aryl methyl sites for hydroxylation is 1. The van der Waals surface area contributed by atoms with Crippen LogP contribution in [0, 0.1) is 0 Å². The van der Waals surface area contributed by atoms with Gasteiger partial charge in [0.25, 0.3) is 0 Å². The summed E-state index contributed by atoms with van der Waals surface area (Å²) in [5, 5.41) is 6.46. The molecule has 8 heteroatoms. The van der Waals surface area contributed by atoms with Crippen LogP contribution in [0.2, 0.25) is 0 Å². The largest absolute Gasteiger partial charge is 0.353 e. The summed E-state index contributed by atoms with van der Waals surface area (Å²) >= 11 is 1.80. The fraction of sp³-hybridized carbons (Fsp3) is 0.391. The summed E-state index contributed by atoms with van der Waals surface area (Å²) in [6.07, 6.45) is 5.54. The van der Waals surface area contributed by atoms with Crippen LogP contribution in [-0.4, -0.2) is 55.8 Å². The second kappa shape index (κ2) is 8.36. The fourth-order valence-corrected chi connectivity index (χ4v) is 5.02. The fourth-order valence-electron chi connectivity index (χ4n) is 4.06. The first-order valence-corrected chi connectivity index (χ1v) is 11.5. The van der Waals surface area contributed by atoms with Crippen molar-refractivity contribution in [3.05, 3.63) is 53.4 Å². The van der Waals surface area contributed by atoms with Gasteiger partial charge in [-0.15, -0.1) is 11.3 Å². The molecule has 1 aliphatic rings. The van der Waals surface area contributed by atoms with Crippen LogP contribution < -0.4 is 4.90 Å². The lowest BCUT2D eigenvalue weighted by Gasteiger charge is -2.35. The van der Waals surface area contributed by atoms with Gasteiger partial charge < -0.3 is 4.90 Å². The Morgan fingerprint density at radius 1 is 0.968 bits per heavy atom. The molecular formula is C23H27N7S. The third-order valence-corrected chi connectivity index (χ3v) is 6.97. The van der Waals surface area contributed by atoms with Gasteiger partial charge in [0.15, 0.2) is 5.65 Å². The van der Waals surface area contributed by atoms with E-state index >= 15 is 0 Å². The average molecular weight is 434 g/mol. The first-order valence-electron chi connectivity index (χ1n) is 10.7. The quantitative estimate of drug-likeness (QED) is 0.475. The van der Waals surface area contributed by atoms with Crippen LogP contribution >= 0.6 is 11.3 Å². The number of piperazine rings is 1. The maximum Gasteiger partial charge on any atom is 0.163 e. The molecule has 7 nitrogen and oxygen atoms in total. The molecule has 4 aromatic rings. The summed E-state index contributed by atoms with van der Waals surface area (Å²) in [5.41, 5.74) is 3.45. The molecule has 0 amide bonds. The van der Waals surface area contributed by atoms with E-state index in [0.717, 1.165) is 54.6 Å². The zero-order valence-electron chi connectivity index (χ0n) is 18.2. The summed E-state index contributed by atoms with van der Waals surface area (Å²) in [6.45, 7) is 9.29. The zero-order chi connectivity index (χ0) is 21.4. The van der Waals surface area contributed by atoms with Crippen molar-refractivity contribution in [2.24, 2.45) is 7.05 Å². The maximum absolute atomic E-state index is 4.68. The highest BCUT2D eigenvalue weighted by Crippen LogP contribution is 2.28. The third kappa shape index (κ3) is 4.05. The van der Waals surface area contributed by atoms with Crippen molar-refractivity contribution >= 4 is 28.2 Å². The minimum atomic E-state index is 0.552. The molecule has 160 valence electrons. The molecule has 0 unspecified atom stereocenters. The van der Waals surface area contributed by atoms with Crippen LogP contribution in [0.25, 0.3) is 21.6 Å². The van der Waals surface area contributed by atoms with E-state index in [1.54, 1.807) is 22.3 Å². The van der Waals surface area contributed by atoms with Crippen molar-refractivity contribution in [3.63, 3.8) is 0 Å². The van der Waals surface area contributed by atoms with Crippen LogP contribution in [0.4, 0.5) is 5.82 Å². The number of thiazole rings is 1. The minimum absolute atomic E-state index is 0.552. The Morgan fingerprint density at radius 2 is 1.74 bits per heavy atom. The molecule has 1 fully saturated rings. The van der Waals surface area contributed by atoms with Crippen molar-refractivity contribution in [2.45, 2.75) is 26.3 Å². The first kappa shape index (κ1) is 20.1. The molecule has 5 rings (SSSR count). The van der Waals surface area contributed by atoms with Crippen LogP contribution in [0.15, 0.2) is 43.0 Å². The number of hydrogen-bond donors (Lipinski definition) is 0. The normalized spacial score (nSPS) is 15.3. The summed E-state index contributed by atoms with van der Waals surface area (Å²) in [6, 6.07) is 8.81. The van der Waals surface area contributed by atoms with Crippen LogP contribution in [0.3, 0.4) is 0 Å². The second-order valence-electron chi connectivity index (χ2n) is 8.37. The number of anilines is 1. The molecule has 1 aliphatic heterocycles. The van der Waals surface area contributed by atoms with Gasteiger partial charge >= 0.3 is 0 Å². The number of nitrogens with zero attached hydrogens (tertiary/aromatic N) is 7. The Bertz CT molecular complexity index is 1170. The predicted octanol–water partition coefficient (Wildman–Crippen LogP) is 3.93. The van der Waals surface area contributed by atoms with Gasteiger partial charge in [0, 0.05) is 56.4 Å². The Labute approximate surface area is 186 Å². The van der Waals surface area contributed by atoms with Gasteiger partial charge in [-0.3, -0.25) is 9.58 Å². The topological polar surface area (TPSA) is 63.0 Å². The number of fused-ring (bicyclic) bond motifs is 1. The minimum Gasteiger partial charge on any atom is -0.353 e. The molecule has 1 aromatic carbocycles. The highest BCUT2D eigenvalue weighted by molar-refractivity contribution is 7.15. The Balaban J connectivity index is 1.22. The second-order valence-corrected chi connectivity index (χ2v) is 9.49. The zero-order valence-corrected chi connectivity index (χ0v) is 19.0. The van der Waals surface area contributed by atoms with Gasteiger partial charge in [0.2, 0.25) is 0 Å².